The van der Waals surface area contributed by atoms with Gasteiger partial charge in [-0.05, 0) is 94.8 Å². The average Bonchev–Trinajstić information content (AvgIpc) is 3.56. The van der Waals surface area contributed by atoms with Gasteiger partial charge in [0.1, 0.15) is 0 Å². The summed E-state index contributed by atoms with van der Waals surface area (Å²) in [5, 5.41) is 8.06. The number of aromatic nitrogens is 3. The first-order valence-corrected chi connectivity index (χ1v) is 16.3. The van der Waals surface area contributed by atoms with E-state index in [-0.39, 0.29) is 11.5 Å². The van der Waals surface area contributed by atoms with Gasteiger partial charge in [0.2, 0.25) is 0 Å². The number of hydrogen-bond donors (Lipinski definition) is 1. The molecule has 1 atom stereocenters. The smallest absolute Gasteiger partial charge is 0.0969 e. The first-order chi connectivity index (χ1) is 19.7. The van der Waals surface area contributed by atoms with E-state index in [9.17, 15) is 0 Å². The number of hydrogen-bond acceptors (Lipinski definition) is 5. The molecule has 0 bridgehead atoms. The molecule has 0 aliphatic rings. The number of nitrogens with one attached hydrogen (secondary N) is 1. The van der Waals surface area contributed by atoms with E-state index in [2.05, 4.69) is 81.1 Å². The Morgan fingerprint density at radius 1 is 1.10 bits per heavy atom. The second kappa shape index (κ2) is 14.1. The summed E-state index contributed by atoms with van der Waals surface area (Å²) in [5.74, 6) is 0. The Hall–Kier alpha value is -2.54. The number of nitrogens with zero attached hydrogens (tertiary/aromatic N) is 3. The van der Waals surface area contributed by atoms with Crippen molar-refractivity contribution in [2.24, 2.45) is 5.41 Å². The van der Waals surface area contributed by atoms with Crippen LogP contribution in [-0.4, -0.2) is 35.2 Å². The molecule has 5 nitrogen and oxygen atoms in total. The summed E-state index contributed by atoms with van der Waals surface area (Å²) in [6.07, 6.45) is 10.1. The van der Waals surface area contributed by atoms with Crippen LogP contribution in [0, 0.1) is 12.3 Å². The lowest BCUT2D eigenvalue weighted by Crippen LogP contribution is -2.15. The molecule has 0 amide bonds. The predicted octanol–water partition coefficient (Wildman–Crippen LogP) is 9.16. The van der Waals surface area contributed by atoms with Crippen LogP contribution in [0.3, 0.4) is 0 Å². The van der Waals surface area contributed by atoms with Gasteiger partial charge in [0.15, 0.2) is 0 Å². The van der Waals surface area contributed by atoms with Crippen LogP contribution in [0.2, 0.25) is 0 Å². The predicted molar refractivity (Wildman–Crippen MR) is 176 cm³/mol. The van der Waals surface area contributed by atoms with Gasteiger partial charge in [-0.1, -0.05) is 46.1 Å². The van der Waals surface area contributed by atoms with Gasteiger partial charge in [0, 0.05) is 47.3 Å². The molecule has 4 rings (SSSR count). The standard InChI is InChI=1S/C35H50N4OS/c1-9-35(5,6)21-29-27-20-26(30-23-41-32(38-30)15-13-11-12-14-18-36-7)16-17-31(27)39(10-2)34(29)28-19-24(3)22-37-33(28)25(4)40-8/h16-17,19-20,22-23,25,36H,9-15,18,21H2,1-8H3. The quantitative estimate of drug-likeness (QED) is 0.144. The van der Waals surface area contributed by atoms with Crippen LogP contribution in [0.1, 0.15) is 94.7 Å². The highest BCUT2D eigenvalue weighted by molar-refractivity contribution is 7.09. The van der Waals surface area contributed by atoms with E-state index in [4.69, 9.17) is 14.7 Å². The molecule has 0 saturated heterocycles. The number of pyridine rings is 1. The van der Waals surface area contributed by atoms with Crippen molar-refractivity contribution in [3.8, 4) is 22.5 Å². The van der Waals surface area contributed by atoms with Crippen LogP contribution >= 0.6 is 11.3 Å². The molecule has 1 N–H and O–H groups in total. The van der Waals surface area contributed by atoms with Crippen LogP contribution in [0.5, 0.6) is 0 Å². The molecule has 0 fully saturated rings. The lowest BCUT2D eigenvalue weighted by Gasteiger charge is -2.24. The van der Waals surface area contributed by atoms with Crippen molar-refractivity contribution in [2.75, 3.05) is 20.7 Å². The number of thiazole rings is 1. The summed E-state index contributed by atoms with van der Waals surface area (Å²) in [5.41, 5.74) is 9.80. The number of ether oxygens (including phenoxy) is 1. The molecule has 6 heteroatoms. The Balaban J connectivity index is 1.80. The summed E-state index contributed by atoms with van der Waals surface area (Å²) in [6.45, 7) is 15.5. The Kier molecular flexibility index (Phi) is 10.8. The number of methoxy groups -OCH3 is 1. The van der Waals surface area contributed by atoms with E-state index in [1.165, 1.54) is 69.5 Å². The minimum absolute atomic E-state index is 0.0896. The fraction of sp³-hybridized carbons (Fsp3) is 0.543. The molecule has 41 heavy (non-hydrogen) atoms. The fourth-order valence-electron chi connectivity index (χ4n) is 5.70. The van der Waals surface area contributed by atoms with Gasteiger partial charge in [0.05, 0.1) is 28.2 Å². The molecule has 222 valence electrons. The van der Waals surface area contributed by atoms with Gasteiger partial charge in [-0.25, -0.2) is 4.98 Å². The number of aryl methyl sites for hydroxylation is 3. The Labute approximate surface area is 251 Å². The third-order valence-corrected chi connectivity index (χ3v) is 9.47. The first kappa shape index (κ1) is 31.4. The summed E-state index contributed by atoms with van der Waals surface area (Å²) in [4.78, 5) is 9.97. The number of rotatable bonds is 15. The molecule has 3 aromatic heterocycles. The van der Waals surface area contributed by atoms with E-state index in [0.717, 1.165) is 43.7 Å². The van der Waals surface area contributed by atoms with Crippen LogP contribution in [0.25, 0.3) is 33.4 Å². The van der Waals surface area contributed by atoms with E-state index >= 15 is 0 Å². The average molecular weight is 575 g/mol. The van der Waals surface area contributed by atoms with Crippen LogP contribution in [0.4, 0.5) is 0 Å². The lowest BCUT2D eigenvalue weighted by molar-refractivity contribution is 0.116. The first-order valence-electron chi connectivity index (χ1n) is 15.5. The molecule has 0 aliphatic heterocycles. The Morgan fingerprint density at radius 3 is 2.59 bits per heavy atom. The highest BCUT2D eigenvalue weighted by atomic mass is 32.1. The zero-order chi connectivity index (χ0) is 29.6. The molecule has 0 radical (unpaired) electrons. The van der Waals surface area contributed by atoms with E-state index < -0.39 is 0 Å². The maximum atomic E-state index is 5.80. The monoisotopic (exact) mass is 574 g/mol. The summed E-state index contributed by atoms with van der Waals surface area (Å²) in [7, 11) is 3.80. The lowest BCUT2D eigenvalue weighted by atomic mass is 9.81. The van der Waals surface area contributed by atoms with Gasteiger partial charge in [-0.3, -0.25) is 4.98 Å². The van der Waals surface area contributed by atoms with Gasteiger partial charge >= 0.3 is 0 Å². The molecule has 0 aliphatic carbocycles. The van der Waals surface area contributed by atoms with Crippen molar-refractivity contribution in [1.82, 2.24) is 19.9 Å². The van der Waals surface area contributed by atoms with Crippen LogP contribution in [-0.2, 0) is 24.1 Å². The molecular formula is C35H50N4OS. The fourth-order valence-corrected chi connectivity index (χ4v) is 6.55. The normalized spacial score (nSPS) is 12.9. The van der Waals surface area contributed by atoms with Gasteiger partial charge in [-0.2, -0.15) is 0 Å². The SMILES string of the molecule is CCn1c(-c2cc(C)cnc2C(C)OC)c(CC(C)(C)CC)c2cc(-c3csc(CCCCCCNC)n3)ccc21. The van der Waals surface area contributed by atoms with Crippen molar-refractivity contribution < 1.29 is 4.74 Å². The molecule has 1 aromatic carbocycles. The van der Waals surface area contributed by atoms with E-state index in [1.54, 1.807) is 18.4 Å². The topological polar surface area (TPSA) is 52.0 Å². The molecule has 0 saturated carbocycles. The number of benzene rings is 1. The van der Waals surface area contributed by atoms with Gasteiger partial charge in [-0.15, -0.1) is 11.3 Å². The van der Waals surface area contributed by atoms with Crippen molar-refractivity contribution >= 4 is 22.2 Å². The molecule has 3 heterocycles. The zero-order valence-corrected chi connectivity index (χ0v) is 27.4. The minimum Gasteiger partial charge on any atom is -0.375 e. The van der Waals surface area contributed by atoms with Crippen molar-refractivity contribution in [3.05, 3.63) is 57.7 Å². The highest BCUT2D eigenvalue weighted by Crippen LogP contribution is 2.42. The van der Waals surface area contributed by atoms with Gasteiger partial charge in [0.25, 0.3) is 0 Å². The maximum Gasteiger partial charge on any atom is 0.0969 e. The van der Waals surface area contributed by atoms with Gasteiger partial charge < -0.3 is 14.6 Å². The second-order valence-corrected chi connectivity index (χ2v) is 13.2. The van der Waals surface area contributed by atoms with Crippen molar-refractivity contribution in [2.45, 2.75) is 99.1 Å². The van der Waals surface area contributed by atoms with Crippen molar-refractivity contribution in [3.63, 3.8) is 0 Å². The zero-order valence-electron chi connectivity index (χ0n) is 26.6. The third-order valence-electron chi connectivity index (χ3n) is 8.56. The van der Waals surface area contributed by atoms with Crippen molar-refractivity contribution in [1.29, 1.82) is 0 Å². The number of unbranched alkanes of at least 4 members (excludes halogenated alkanes) is 3. The molecule has 1 unspecified atom stereocenters. The van der Waals surface area contributed by atoms with E-state index in [1.807, 2.05) is 13.2 Å². The maximum absolute atomic E-state index is 5.80. The number of fused-ring (bicyclic) bond motifs is 1. The summed E-state index contributed by atoms with van der Waals surface area (Å²) >= 11 is 1.80. The molecular weight excluding hydrogens is 524 g/mol. The summed E-state index contributed by atoms with van der Waals surface area (Å²) in [6, 6.07) is 9.26. The molecule has 4 aromatic rings. The van der Waals surface area contributed by atoms with Crippen LogP contribution in [0.15, 0.2) is 35.8 Å². The van der Waals surface area contributed by atoms with Crippen LogP contribution < -0.4 is 5.32 Å². The third kappa shape index (κ3) is 7.28. The molecule has 0 spiro atoms. The second-order valence-electron chi connectivity index (χ2n) is 12.2. The summed E-state index contributed by atoms with van der Waals surface area (Å²) < 4.78 is 8.29. The Morgan fingerprint density at radius 2 is 1.88 bits per heavy atom. The largest absolute Gasteiger partial charge is 0.375 e. The minimum atomic E-state index is -0.0896. The van der Waals surface area contributed by atoms with E-state index in [0.29, 0.717) is 0 Å². The highest BCUT2D eigenvalue weighted by Gasteiger charge is 2.27. The Bertz CT molecular complexity index is 1430.